The minimum absolute atomic E-state index is 0.168. The maximum atomic E-state index is 5.81. The van der Waals surface area contributed by atoms with Gasteiger partial charge in [-0.1, -0.05) is 0 Å². The molecule has 0 unspecified atom stereocenters. The van der Waals surface area contributed by atoms with Crippen molar-refractivity contribution in [2.24, 2.45) is 0 Å². The number of imidazole rings is 1. The predicted molar refractivity (Wildman–Crippen MR) is 63.9 cm³/mol. The first-order chi connectivity index (χ1) is 8.33. The number of fused-ring (bicyclic) bond motifs is 1. The van der Waals surface area contributed by atoms with Crippen LogP contribution >= 0.6 is 22.9 Å². The Kier molecular flexibility index (Phi) is 2.57. The highest BCUT2D eigenvalue weighted by Gasteiger charge is 2.09. The Bertz CT molecular complexity index is 634. The van der Waals surface area contributed by atoms with Gasteiger partial charge in [0.05, 0.1) is 12.9 Å². The average Bonchev–Trinajstić information content (AvgIpc) is 2.95. The first kappa shape index (κ1) is 10.4. The first-order valence-electron chi connectivity index (χ1n) is 4.68. The third kappa shape index (κ3) is 2.04. The number of nitrogens with zero attached hydrogens (tertiary/aromatic N) is 5. The van der Waals surface area contributed by atoms with Gasteiger partial charge in [0.1, 0.15) is 16.0 Å². The summed E-state index contributed by atoms with van der Waals surface area (Å²) in [4.78, 5) is 15.1. The molecule has 0 radical (unpaired) electrons. The molecule has 3 rings (SSSR count). The van der Waals surface area contributed by atoms with Crippen LogP contribution in [0.3, 0.4) is 0 Å². The SMILES string of the molecule is Clc1nc(NCc2nncs2)c2nc[nH]c2n1. The number of rotatable bonds is 3. The van der Waals surface area contributed by atoms with Crippen LogP contribution in [0.25, 0.3) is 11.2 Å². The molecule has 0 aromatic carbocycles. The van der Waals surface area contributed by atoms with Crippen molar-refractivity contribution in [2.45, 2.75) is 6.54 Å². The van der Waals surface area contributed by atoms with Gasteiger partial charge in [-0.25, -0.2) is 4.98 Å². The van der Waals surface area contributed by atoms with E-state index in [2.05, 4.69) is 35.5 Å². The smallest absolute Gasteiger partial charge is 0.226 e. The second-order valence-electron chi connectivity index (χ2n) is 3.13. The molecule has 3 aromatic heterocycles. The zero-order chi connectivity index (χ0) is 11.7. The maximum absolute atomic E-state index is 5.81. The van der Waals surface area contributed by atoms with Gasteiger partial charge < -0.3 is 10.3 Å². The van der Waals surface area contributed by atoms with Gasteiger partial charge in [-0.05, 0) is 11.6 Å². The van der Waals surface area contributed by atoms with Crippen molar-refractivity contribution in [1.29, 1.82) is 0 Å². The van der Waals surface area contributed by atoms with E-state index in [0.29, 0.717) is 23.5 Å². The van der Waals surface area contributed by atoms with Crippen molar-refractivity contribution >= 4 is 39.9 Å². The molecule has 0 fully saturated rings. The molecule has 17 heavy (non-hydrogen) atoms. The van der Waals surface area contributed by atoms with E-state index in [0.717, 1.165) is 5.01 Å². The molecule has 0 saturated carbocycles. The van der Waals surface area contributed by atoms with E-state index in [9.17, 15) is 0 Å². The van der Waals surface area contributed by atoms with Crippen molar-refractivity contribution < 1.29 is 0 Å². The number of aromatic amines is 1. The van der Waals surface area contributed by atoms with Crippen molar-refractivity contribution in [3.8, 4) is 0 Å². The third-order valence-electron chi connectivity index (χ3n) is 2.06. The molecule has 86 valence electrons. The highest BCUT2D eigenvalue weighted by atomic mass is 35.5. The van der Waals surface area contributed by atoms with Crippen LogP contribution in [0.4, 0.5) is 5.82 Å². The van der Waals surface area contributed by atoms with Gasteiger partial charge in [-0.3, -0.25) is 0 Å². The van der Waals surface area contributed by atoms with E-state index in [4.69, 9.17) is 11.6 Å². The van der Waals surface area contributed by atoms with Crippen molar-refractivity contribution in [3.63, 3.8) is 0 Å². The average molecular weight is 268 g/mol. The fourth-order valence-electron chi connectivity index (χ4n) is 1.36. The van der Waals surface area contributed by atoms with Gasteiger partial charge in [-0.2, -0.15) is 9.97 Å². The summed E-state index contributed by atoms with van der Waals surface area (Å²) < 4.78 is 0. The van der Waals surface area contributed by atoms with Gasteiger partial charge in [0.2, 0.25) is 5.28 Å². The summed E-state index contributed by atoms with van der Waals surface area (Å²) in [5, 5.41) is 11.8. The van der Waals surface area contributed by atoms with Crippen LogP contribution in [-0.2, 0) is 6.54 Å². The second kappa shape index (κ2) is 4.22. The van der Waals surface area contributed by atoms with Crippen LogP contribution in [0.5, 0.6) is 0 Å². The van der Waals surface area contributed by atoms with E-state index in [1.807, 2.05) is 0 Å². The maximum Gasteiger partial charge on any atom is 0.226 e. The number of aromatic nitrogens is 6. The zero-order valence-electron chi connectivity index (χ0n) is 8.38. The molecular weight excluding hydrogens is 262 g/mol. The summed E-state index contributed by atoms with van der Waals surface area (Å²) >= 11 is 7.27. The van der Waals surface area contributed by atoms with Gasteiger partial charge in [0, 0.05) is 0 Å². The first-order valence-corrected chi connectivity index (χ1v) is 5.94. The molecule has 9 heteroatoms. The Hall–Kier alpha value is -1.80. The normalized spacial score (nSPS) is 10.9. The summed E-state index contributed by atoms with van der Waals surface area (Å²) in [6, 6.07) is 0. The Morgan fingerprint density at radius 2 is 2.35 bits per heavy atom. The lowest BCUT2D eigenvalue weighted by Crippen LogP contribution is -2.03. The summed E-state index contributed by atoms with van der Waals surface area (Å²) in [5.41, 5.74) is 2.93. The second-order valence-corrected chi connectivity index (χ2v) is 4.38. The van der Waals surface area contributed by atoms with Crippen LogP contribution < -0.4 is 5.32 Å². The summed E-state index contributed by atoms with van der Waals surface area (Å²) in [6.07, 6.45) is 1.55. The molecule has 7 nitrogen and oxygen atoms in total. The number of hydrogen-bond donors (Lipinski definition) is 2. The van der Waals surface area contributed by atoms with Crippen LogP contribution in [0.1, 0.15) is 5.01 Å². The lowest BCUT2D eigenvalue weighted by atomic mass is 10.5. The highest BCUT2D eigenvalue weighted by Crippen LogP contribution is 2.19. The molecule has 0 aliphatic carbocycles. The quantitative estimate of drug-likeness (QED) is 0.698. The lowest BCUT2D eigenvalue weighted by molar-refractivity contribution is 0.982. The molecule has 3 heterocycles. The number of nitrogens with one attached hydrogen (secondary N) is 2. The predicted octanol–water partition coefficient (Wildman–Crippen LogP) is 1.47. The molecule has 3 aromatic rings. The third-order valence-corrected chi connectivity index (χ3v) is 2.93. The molecule has 0 aliphatic rings. The van der Waals surface area contributed by atoms with E-state index in [-0.39, 0.29) is 5.28 Å². The van der Waals surface area contributed by atoms with E-state index in [1.165, 1.54) is 11.3 Å². The zero-order valence-corrected chi connectivity index (χ0v) is 9.96. The van der Waals surface area contributed by atoms with E-state index >= 15 is 0 Å². The van der Waals surface area contributed by atoms with Crippen molar-refractivity contribution in [1.82, 2.24) is 30.1 Å². The monoisotopic (exact) mass is 267 g/mol. The fourth-order valence-corrected chi connectivity index (χ4v) is 2.00. The Balaban J connectivity index is 1.91. The number of hydrogen-bond acceptors (Lipinski definition) is 7. The van der Waals surface area contributed by atoms with Crippen LogP contribution in [0, 0.1) is 0 Å². The Labute approximate surface area is 104 Å². The molecule has 0 spiro atoms. The standard InChI is InChI=1S/C8H6ClN7S/c9-8-14-6(5-7(15-8)12-2-11-5)10-1-4-16-13-3-17-4/h2-3H,1H2,(H2,10,11,12,14,15). The van der Waals surface area contributed by atoms with Crippen LogP contribution in [0.2, 0.25) is 5.28 Å². The molecular formula is C8H6ClN7S. The lowest BCUT2D eigenvalue weighted by Gasteiger charge is -2.03. The Morgan fingerprint density at radius 3 is 3.18 bits per heavy atom. The van der Waals surface area contributed by atoms with E-state index < -0.39 is 0 Å². The molecule has 2 N–H and O–H groups in total. The van der Waals surface area contributed by atoms with Crippen LogP contribution in [0.15, 0.2) is 11.8 Å². The van der Waals surface area contributed by atoms with Gasteiger partial charge in [0.25, 0.3) is 0 Å². The molecule has 0 saturated heterocycles. The number of H-pyrrole nitrogens is 1. The molecule has 0 atom stereocenters. The number of halogens is 1. The van der Waals surface area contributed by atoms with Gasteiger partial charge in [0.15, 0.2) is 11.5 Å². The summed E-state index contributed by atoms with van der Waals surface area (Å²) in [5.74, 6) is 0.580. The largest absolute Gasteiger partial charge is 0.361 e. The minimum atomic E-state index is 0.168. The van der Waals surface area contributed by atoms with Gasteiger partial charge >= 0.3 is 0 Å². The number of anilines is 1. The molecule has 0 bridgehead atoms. The van der Waals surface area contributed by atoms with Crippen LogP contribution in [-0.4, -0.2) is 30.1 Å². The van der Waals surface area contributed by atoms with E-state index in [1.54, 1.807) is 11.8 Å². The van der Waals surface area contributed by atoms with Gasteiger partial charge in [-0.15, -0.1) is 21.5 Å². The molecule has 0 amide bonds. The topological polar surface area (TPSA) is 92.3 Å². The minimum Gasteiger partial charge on any atom is -0.361 e. The Morgan fingerprint density at radius 1 is 1.41 bits per heavy atom. The van der Waals surface area contributed by atoms with Crippen molar-refractivity contribution in [2.75, 3.05) is 5.32 Å². The molecule has 0 aliphatic heterocycles. The fraction of sp³-hybridized carbons (Fsp3) is 0.125. The highest BCUT2D eigenvalue weighted by molar-refractivity contribution is 7.09. The summed E-state index contributed by atoms with van der Waals surface area (Å²) in [7, 11) is 0. The van der Waals surface area contributed by atoms with Crippen molar-refractivity contribution in [3.05, 3.63) is 22.1 Å². The summed E-state index contributed by atoms with van der Waals surface area (Å²) in [6.45, 7) is 0.528.